The van der Waals surface area contributed by atoms with Gasteiger partial charge in [0, 0.05) is 18.7 Å². The Labute approximate surface area is 121 Å². The number of hydrogen-bond donors (Lipinski definition) is 1. The highest BCUT2D eigenvalue weighted by molar-refractivity contribution is 5.41. The fourth-order valence-electron chi connectivity index (χ4n) is 2.82. The number of piperidine rings is 1. The van der Waals surface area contributed by atoms with E-state index in [1.807, 2.05) is 6.07 Å². The van der Waals surface area contributed by atoms with E-state index in [0.717, 1.165) is 36.7 Å². The molecular formula is C17H23FN2. The van der Waals surface area contributed by atoms with Gasteiger partial charge < -0.3 is 5.73 Å². The Morgan fingerprint density at radius 3 is 3.05 bits per heavy atom. The van der Waals surface area contributed by atoms with Crippen molar-refractivity contribution < 1.29 is 4.39 Å². The van der Waals surface area contributed by atoms with Crippen LogP contribution < -0.4 is 5.73 Å². The Kier molecular flexibility index (Phi) is 5.58. The van der Waals surface area contributed by atoms with E-state index in [1.165, 1.54) is 31.4 Å². The van der Waals surface area contributed by atoms with Crippen molar-refractivity contribution >= 4 is 0 Å². The van der Waals surface area contributed by atoms with E-state index in [0.29, 0.717) is 6.54 Å². The van der Waals surface area contributed by atoms with Crippen LogP contribution in [0.25, 0.3) is 0 Å². The van der Waals surface area contributed by atoms with Crippen LogP contribution in [0, 0.1) is 23.6 Å². The van der Waals surface area contributed by atoms with Crippen LogP contribution in [-0.2, 0) is 6.54 Å². The Morgan fingerprint density at radius 2 is 2.30 bits per heavy atom. The van der Waals surface area contributed by atoms with Gasteiger partial charge in [-0.2, -0.15) is 0 Å². The molecule has 1 aromatic rings. The molecule has 2 N–H and O–H groups in total. The maximum Gasteiger partial charge on any atom is 0.124 e. The van der Waals surface area contributed by atoms with Gasteiger partial charge in [-0.1, -0.05) is 31.3 Å². The van der Waals surface area contributed by atoms with Gasteiger partial charge in [0.2, 0.25) is 0 Å². The molecule has 0 aromatic heterocycles. The summed E-state index contributed by atoms with van der Waals surface area (Å²) < 4.78 is 13.4. The molecule has 0 saturated carbocycles. The minimum atomic E-state index is -0.236. The first-order valence-corrected chi connectivity index (χ1v) is 7.42. The zero-order chi connectivity index (χ0) is 14.4. The molecule has 0 amide bonds. The maximum absolute atomic E-state index is 13.4. The summed E-state index contributed by atoms with van der Waals surface area (Å²) in [5.74, 6) is 6.37. The van der Waals surface area contributed by atoms with E-state index in [2.05, 4.69) is 23.7 Å². The summed E-state index contributed by atoms with van der Waals surface area (Å²) in [7, 11) is 0. The summed E-state index contributed by atoms with van der Waals surface area (Å²) in [5, 5.41) is 0. The molecule has 108 valence electrons. The van der Waals surface area contributed by atoms with Crippen molar-refractivity contribution in [3.63, 3.8) is 0 Å². The minimum Gasteiger partial charge on any atom is -0.320 e. The number of halogens is 1. The van der Waals surface area contributed by atoms with Crippen LogP contribution in [0.3, 0.4) is 0 Å². The second-order valence-electron chi connectivity index (χ2n) is 5.46. The van der Waals surface area contributed by atoms with Gasteiger partial charge in [-0.3, -0.25) is 4.90 Å². The van der Waals surface area contributed by atoms with Gasteiger partial charge in [-0.15, -0.1) is 0 Å². The van der Waals surface area contributed by atoms with E-state index >= 15 is 0 Å². The molecule has 2 nitrogen and oxygen atoms in total. The summed E-state index contributed by atoms with van der Waals surface area (Å²) in [6.45, 7) is 5.67. The summed E-state index contributed by atoms with van der Waals surface area (Å²) in [6.07, 6.45) is 3.82. The number of benzene rings is 1. The monoisotopic (exact) mass is 274 g/mol. The fourth-order valence-corrected chi connectivity index (χ4v) is 2.82. The van der Waals surface area contributed by atoms with Gasteiger partial charge in [-0.05, 0) is 43.0 Å². The van der Waals surface area contributed by atoms with Crippen LogP contribution in [0.5, 0.6) is 0 Å². The number of rotatable bonds is 3. The number of nitrogens with two attached hydrogens (primary N) is 1. The normalized spacial score (nSPS) is 19.4. The lowest BCUT2D eigenvalue weighted by Crippen LogP contribution is -2.34. The Bertz CT molecular complexity index is 501. The third-order valence-corrected chi connectivity index (χ3v) is 3.97. The molecule has 3 heteroatoms. The average molecular weight is 274 g/mol. The first kappa shape index (κ1) is 15.0. The van der Waals surface area contributed by atoms with Gasteiger partial charge >= 0.3 is 0 Å². The molecule has 20 heavy (non-hydrogen) atoms. The van der Waals surface area contributed by atoms with Crippen molar-refractivity contribution in [2.75, 3.05) is 19.6 Å². The van der Waals surface area contributed by atoms with E-state index in [4.69, 9.17) is 5.73 Å². The molecule has 1 aliphatic heterocycles. The molecule has 1 aromatic carbocycles. The Balaban J connectivity index is 2.12. The van der Waals surface area contributed by atoms with Crippen molar-refractivity contribution in [1.82, 2.24) is 4.90 Å². The molecule has 0 spiro atoms. The largest absolute Gasteiger partial charge is 0.320 e. The van der Waals surface area contributed by atoms with Crippen LogP contribution in [0.15, 0.2) is 18.2 Å². The highest BCUT2D eigenvalue weighted by Crippen LogP contribution is 2.22. The van der Waals surface area contributed by atoms with Crippen molar-refractivity contribution in [1.29, 1.82) is 0 Å². The number of likely N-dealkylation sites (tertiary alicyclic amines) is 1. The fraction of sp³-hybridized carbons (Fsp3) is 0.529. The van der Waals surface area contributed by atoms with E-state index in [9.17, 15) is 4.39 Å². The van der Waals surface area contributed by atoms with Crippen LogP contribution in [-0.4, -0.2) is 24.5 Å². The molecule has 1 heterocycles. The zero-order valence-corrected chi connectivity index (χ0v) is 12.2. The highest BCUT2D eigenvalue weighted by atomic mass is 19.1. The first-order chi connectivity index (χ1) is 9.72. The van der Waals surface area contributed by atoms with Crippen molar-refractivity contribution in [2.45, 2.75) is 32.7 Å². The highest BCUT2D eigenvalue weighted by Gasteiger charge is 2.19. The molecule has 1 aliphatic rings. The lowest BCUT2D eigenvalue weighted by atomic mass is 9.95. The molecule has 0 aliphatic carbocycles. The molecular weight excluding hydrogens is 251 g/mol. The summed E-state index contributed by atoms with van der Waals surface area (Å²) in [4.78, 5) is 2.46. The zero-order valence-electron chi connectivity index (χ0n) is 12.2. The molecule has 0 bridgehead atoms. The summed E-state index contributed by atoms with van der Waals surface area (Å²) in [6, 6.07) is 4.88. The predicted octanol–water partition coefficient (Wildman–Crippen LogP) is 2.76. The number of hydrogen-bond acceptors (Lipinski definition) is 2. The Hall–Kier alpha value is -1.37. The number of nitrogens with zero attached hydrogens (tertiary/aromatic N) is 1. The molecule has 1 unspecified atom stereocenters. The van der Waals surface area contributed by atoms with Crippen molar-refractivity contribution in [3.8, 4) is 11.8 Å². The first-order valence-electron chi connectivity index (χ1n) is 7.42. The molecule has 1 atom stereocenters. The van der Waals surface area contributed by atoms with Crippen molar-refractivity contribution in [3.05, 3.63) is 35.1 Å². The van der Waals surface area contributed by atoms with Gasteiger partial charge in [0.1, 0.15) is 5.82 Å². The molecule has 1 saturated heterocycles. The SMILES string of the molecule is CCC1CCCN(Cc2ccc(F)cc2C#CCN)C1. The smallest absolute Gasteiger partial charge is 0.124 e. The van der Waals surface area contributed by atoms with Gasteiger partial charge in [-0.25, -0.2) is 4.39 Å². The maximum atomic E-state index is 13.4. The summed E-state index contributed by atoms with van der Waals surface area (Å²) >= 11 is 0. The van der Waals surface area contributed by atoms with Crippen molar-refractivity contribution in [2.24, 2.45) is 11.7 Å². The lowest BCUT2D eigenvalue weighted by molar-refractivity contribution is 0.164. The van der Waals surface area contributed by atoms with Gasteiger partial charge in [0.05, 0.1) is 6.54 Å². The molecule has 2 rings (SSSR count). The van der Waals surface area contributed by atoms with Crippen LogP contribution in [0.1, 0.15) is 37.3 Å². The van der Waals surface area contributed by atoms with E-state index in [-0.39, 0.29) is 5.82 Å². The third kappa shape index (κ3) is 4.06. The Morgan fingerprint density at radius 1 is 1.45 bits per heavy atom. The van der Waals surface area contributed by atoms with Crippen LogP contribution in [0.2, 0.25) is 0 Å². The predicted molar refractivity (Wildman–Crippen MR) is 80.6 cm³/mol. The van der Waals surface area contributed by atoms with Gasteiger partial charge in [0.25, 0.3) is 0 Å². The quantitative estimate of drug-likeness (QED) is 0.859. The molecule has 0 radical (unpaired) electrons. The van der Waals surface area contributed by atoms with Gasteiger partial charge in [0.15, 0.2) is 0 Å². The standard InChI is InChI=1S/C17H23FN2/c1-2-14-5-4-10-20(12-14)13-16-7-8-17(18)11-15(16)6-3-9-19/h7-8,11,14H,2,4-5,9-10,12-13,19H2,1H3. The average Bonchev–Trinajstić information content (AvgIpc) is 2.47. The van der Waals surface area contributed by atoms with Crippen LogP contribution in [0.4, 0.5) is 4.39 Å². The second-order valence-corrected chi connectivity index (χ2v) is 5.46. The van der Waals surface area contributed by atoms with E-state index < -0.39 is 0 Å². The topological polar surface area (TPSA) is 29.3 Å². The van der Waals surface area contributed by atoms with Crippen LogP contribution >= 0.6 is 0 Å². The summed E-state index contributed by atoms with van der Waals surface area (Å²) in [5.41, 5.74) is 7.28. The third-order valence-electron chi connectivity index (χ3n) is 3.97. The second kappa shape index (κ2) is 7.42. The molecule has 1 fully saturated rings. The van der Waals surface area contributed by atoms with E-state index in [1.54, 1.807) is 0 Å². The lowest BCUT2D eigenvalue weighted by Gasteiger charge is -2.32. The minimum absolute atomic E-state index is 0.236.